The first kappa shape index (κ1) is 14.5. The number of hydrogen-bond acceptors (Lipinski definition) is 5. The smallest absolute Gasteiger partial charge is 0.250 e. The van der Waals surface area contributed by atoms with Crippen molar-refractivity contribution < 1.29 is 12.8 Å². The summed E-state index contributed by atoms with van der Waals surface area (Å²) in [6, 6.07) is 3.05. The van der Waals surface area contributed by atoms with Crippen LogP contribution in [0.25, 0.3) is 0 Å². The lowest BCUT2D eigenvalue weighted by molar-refractivity contribution is 0.472. The van der Waals surface area contributed by atoms with E-state index in [-0.39, 0.29) is 10.8 Å². The zero-order chi connectivity index (χ0) is 14.0. The molecule has 0 aromatic carbocycles. The maximum Gasteiger partial charge on any atom is 0.250 e. The average molecular weight is 321 g/mol. The number of hydrogen-bond donors (Lipinski definition) is 1. The fourth-order valence-electron chi connectivity index (χ4n) is 1.62. The summed E-state index contributed by atoms with van der Waals surface area (Å²) in [5.74, 6) is 1.28. The summed E-state index contributed by atoms with van der Waals surface area (Å²) >= 11 is 6.75. The molecule has 5 nitrogen and oxygen atoms in total. The first-order valence-corrected chi connectivity index (χ1v) is 8.24. The van der Waals surface area contributed by atoms with Crippen LogP contribution in [-0.2, 0) is 16.4 Å². The molecule has 0 amide bonds. The van der Waals surface area contributed by atoms with Gasteiger partial charge in [0.2, 0.25) is 10.0 Å². The number of sulfonamides is 1. The number of aryl methyl sites for hydroxylation is 2. The molecule has 8 heteroatoms. The van der Waals surface area contributed by atoms with Gasteiger partial charge in [0.05, 0.1) is 10.0 Å². The predicted molar refractivity (Wildman–Crippen MR) is 74.2 cm³/mol. The summed E-state index contributed by atoms with van der Waals surface area (Å²) in [6.07, 6.45) is 0.463. The molecule has 2 rings (SSSR count). The molecule has 0 aliphatic rings. The molecule has 0 bridgehead atoms. The third-order valence-electron chi connectivity index (χ3n) is 2.46. The Hall–Kier alpha value is -0.890. The SMILES string of the molecule is Cc1nc(C)c(CCNS(=O)(=O)c2ccc(Cl)s2)o1. The minimum absolute atomic E-state index is 0.211. The van der Waals surface area contributed by atoms with Gasteiger partial charge < -0.3 is 4.42 Å². The van der Waals surface area contributed by atoms with Crippen molar-refractivity contribution >= 4 is 33.0 Å². The Balaban J connectivity index is 1.97. The minimum Gasteiger partial charge on any atom is -0.446 e. The molecule has 0 atom stereocenters. The summed E-state index contributed by atoms with van der Waals surface area (Å²) in [5, 5.41) is 0. The highest BCUT2D eigenvalue weighted by Crippen LogP contribution is 2.25. The van der Waals surface area contributed by atoms with Crippen LogP contribution in [0.5, 0.6) is 0 Å². The monoisotopic (exact) mass is 320 g/mol. The van der Waals surface area contributed by atoms with E-state index in [0.717, 1.165) is 17.0 Å². The van der Waals surface area contributed by atoms with Crippen LogP contribution in [0, 0.1) is 13.8 Å². The Kier molecular flexibility index (Phi) is 4.29. The van der Waals surface area contributed by atoms with E-state index >= 15 is 0 Å². The number of aromatic nitrogens is 1. The van der Waals surface area contributed by atoms with Crippen molar-refractivity contribution in [1.29, 1.82) is 0 Å². The van der Waals surface area contributed by atoms with Crippen molar-refractivity contribution in [3.05, 3.63) is 33.8 Å². The highest BCUT2D eigenvalue weighted by atomic mass is 35.5. The van der Waals surface area contributed by atoms with E-state index < -0.39 is 10.0 Å². The van der Waals surface area contributed by atoms with Gasteiger partial charge in [-0.2, -0.15) is 0 Å². The van der Waals surface area contributed by atoms with E-state index in [1.54, 1.807) is 13.0 Å². The van der Waals surface area contributed by atoms with Gasteiger partial charge in [-0.15, -0.1) is 11.3 Å². The van der Waals surface area contributed by atoms with Gasteiger partial charge in [0.25, 0.3) is 0 Å². The summed E-state index contributed by atoms with van der Waals surface area (Å²) in [6.45, 7) is 3.85. The van der Waals surface area contributed by atoms with E-state index in [0.29, 0.717) is 22.4 Å². The number of nitrogens with one attached hydrogen (secondary N) is 1. The molecular formula is C11H13ClN2O3S2. The van der Waals surface area contributed by atoms with E-state index in [1.165, 1.54) is 6.07 Å². The number of oxazole rings is 1. The molecule has 0 saturated heterocycles. The molecule has 19 heavy (non-hydrogen) atoms. The van der Waals surface area contributed by atoms with E-state index in [9.17, 15) is 8.42 Å². The van der Waals surface area contributed by atoms with Crippen LogP contribution < -0.4 is 4.72 Å². The zero-order valence-electron chi connectivity index (χ0n) is 10.4. The Bertz CT molecular complexity index is 676. The lowest BCUT2D eigenvalue weighted by Gasteiger charge is -2.03. The van der Waals surface area contributed by atoms with Gasteiger partial charge >= 0.3 is 0 Å². The molecule has 2 aromatic heterocycles. The molecule has 0 radical (unpaired) electrons. The number of thiophene rings is 1. The van der Waals surface area contributed by atoms with Crippen molar-refractivity contribution in [2.75, 3.05) is 6.54 Å². The van der Waals surface area contributed by atoms with Crippen LogP contribution in [0.4, 0.5) is 0 Å². The zero-order valence-corrected chi connectivity index (χ0v) is 12.8. The third kappa shape index (κ3) is 3.56. The van der Waals surface area contributed by atoms with Gasteiger partial charge in [0.1, 0.15) is 9.97 Å². The molecular weight excluding hydrogens is 308 g/mol. The summed E-state index contributed by atoms with van der Waals surface area (Å²) < 4.78 is 32.4. The van der Waals surface area contributed by atoms with Gasteiger partial charge in [0.15, 0.2) is 5.89 Å². The topological polar surface area (TPSA) is 72.2 Å². The molecule has 2 aromatic rings. The molecule has 0 aliphatic carbocycles. The first-order valence-electron chi connectivity index (χ1n) is 5.56. The predicted octanol–water partition coefficient (Wildman–Crippen LogP) is 2.53. The fraction of sp³-hybridized carbons (Fsp3) is 0.364. The van der Waals surface area contributed by atoms with Crippen LogP contribution in [0.3, 0.4) is 0 Å². The van der Waals surface area contributed by atoms with E-state index in [1.807, 2.05) is 6.92 Å². The van der Waals surface area contributed by atoms with E-state index in [2.05, 4.69) is 9.71 Å². The maximum absolute atomic E-state index is 11.9. The van der Waals surface area contributed by atoms with Crippen LogP contribution in [0.2, 0.25) is 4.34 Å². The standard InChI is InChI=1S/C11H13ClN2O3S2/c1-7-9(17-8(2)14-7)5-6-13-19(15,16)11-4-3-10(12)18-11/h3-4,13H,5-6H2,1-2H3. The van der Waals surface area contributed by atoms with Crippen molar-refractivity contribution in [3.8, 4) is 0 Å². The molecule has 0 aliphatic heterocycles. The Morgan fingerprint density at radius 3 is 2.68 bits per heavy atom. The molecule has 2 heterocycles. The lowest BCUT2D eigenvalue weighted by atomic mass is 10.3. The largest absolute Gasteiger partial charge is 0.446 e. The van der Waals surface area contributed by atoms with Gasteiger partial charge in [-0.25, -0.2) is 18.1 Å². The maximum atomic E-state index is 11.9. The van der Waals surface area contributed by atoms with Crippen molar-refractivity contribution in [2.24, 2.45) is 0 Å². The highest BCUT2D eigenvalue weighted by Gasteiger charge is 2.16. The molecule has 0 saturated carbocycles. The number of rotatable bonds is 5. The lowest BCUT2D eigenvalue weighted by Crippen LogP contribution is -2.25. The third-order valence-corrected chi connectivity index (χ3v) is 5.64. The van der Waals surface area contributed by atoms with Gasteiger partial charge in [-0.05, 0) is 19.1 Å². The Morgan fingerprint density at radius 1 is 1.42 bits per heavy atom. The summed E-state index contributed by atoms with van der Waals surface area (Å²) in [7, 11) is -3.49. The van der Waals surface area contributed by atoms with Crippen molar-refractivity contribution in [3.63, 3.8) is 0 Å². The second-order valence-corrected chi connectivity index (χ2v) is 7.66. The molecule has 0 fully saturated rings. The Labute approximate surface area is 120 Å². The average Bonchev–Trinajstić information content (AvgIpc) is 2.86. The summed E-state index contributed by atoms with van der Waals surface area (Å²) in [4.78, 5) is 4.13. The van der Waals surface area contributed by atoms with E-state index in [4.69, 9.17) is 16.0 Å². The quantitative estimate of drug-likeness (QED) is 0.918. The number of nitrogens with zero attached hydrogens (tertiary/aromatic N) is 1. The molecule has 0 unspecified atom stereocenters. The first-order chi connectivity index (χ1) is 8.88. The number of halogens is 1. The van der Waals surface area contributed by atoms with Crippen LogP contribution in [0.1, 0.15) is 17.3 Å². The summed E-state index contributed by atoms with van der Waals surface area (Å²) in [5.41, 5.74) is 0.788. The van der Waals surface area contributed by atoms with Gasteiger partial charge in [0, 0.05) is 19.9 Å². The second-order valence-electron chi connectivity index (χ2n) is 3.95. The molecule has 104 valence electrons. The molecule has 1 N–H and O–H groups in total. The Morgan fingerprint density at radius 2 is 2.16 bits per heavy atom. The van der Waals surface area contributed by atoms with Gasteiger partial charge in [-0.1, -0.05) is 11.6 Å². The second kappa shape index (κ2) is 5.62. The van der Waals surface area contributed by atoms with Crippen molar-refractivity contribution in [2.45, 2.75) is 24.5 Å². The molecule has 0 spiro atoms. The van der Waals surface area contributed by atoms with Gasteiger partial charge in [-0.3, -0.25) is 0 Å². The van der Waals surface area contributed by atoms with Crippen LogP contribution in [-0.4, -0.2) is 19.9 Å². The highest BCUT2D eigenvalue weighted by molar-refractivity contribution is 7.91. The van der Waals surface area contributed by atoms with Crippen LogP contribution >= 0.6 is 22.9 Å². The normalized spacial score (nSPS) is 11.9. The van der Waals surface area contributed by atoms with Crippen LogP contribution in [0.15, 0.2) is 20.8 Å². The minimum atomic E-state index is -3.49. The van der Waals surface area contributed by atoms with Crippen molar-refractivity contribution in [1.82, 2.24) is 9.71 Å². The fourth-order valence-corrected chi connectivity index (χ4v) is 4.18.